The van der Waals surface area contributed by atoms with Crippen LogP contribution in [0.2, 0.25) is 0 Å². The Kier molecular flexibility index (Phi) is 4.33. The van der Waals surface area contributed by atoms with Crippen molar-refractivity contribution in [1.82, 2.24) is 0 Å². The molecule has 2 aliphatic rings. The molecule has 0 heterocycles. The van der Waals surface area contributed by atoms with E-state index in [9.17, 15) is 0 Å². The molecule has 0 aromatic rings. The molecule has 0 saturated heterocycles. The average Bonchev–Trinajstić information content (AvgIpc) is 3.11. The molecule has 0 bridgehead atoms. The van der Waals surface area contributed by atoms with E-state index in [-0.39, 0.29) is 5.60 Å². The van der Waals surface area contributed by atoms with Crippen LogP contribution in [0, 0.1) is 11.8 Å². The fraction of sp³-hybridized carbons (Fsp3) is 1.00. The SMILES string of the molecule is CCC1CCC(CI)(OCC2CC2)CC1. The second-order valence-corrected chi connectivity index (χ2v) is 6.19. The van der Waals surface area contributed by atoms with Gasteiger partial charge in [-0.15, -0.1) is 0 Å². The van der Waals surface area contributed by atoms with E-state index in [2.05, 4.69) is 29.5 Å². The molecule has 1 nitrogen and oxygen atoms in total. The highest BCUT2D eigenvalue weighted by Crippen LogP contribution is 2.39. The van der Waals surface area contributed by atoms with Gasteiger partial charge in [0.2, 0.25) is 0 Å². The lowest BCUT2D eigenvalue weighted by molar-refractivity contribution is -0.0633. The van der Waals surface area contributed by atoms with Gasteiger partial charge in [-0.25, -0.2) is 0 Å². The Hall–Kier alpha value is 0.690. The molecule has 0 unspecified atom stereocenters. The molecule has 0 aliphatic heterocycles. The fourth-order valence-corrected chi connectivity index (χ4v) is 3.49. The summed E-state index contributed by atoms with van der Waals surface area (Å²) in [5.74, 6) is 1.89. The Bertz CT molecular complexity index is 193. The van der Waals surface area contributed by atoms with Crippen molar-refractivity contribution in [2.45, 2.75) is 57.5 Å². The molecule has 2 fully saturated rings. The van der Waals surface area contributed by atoms with Crippen LogP contribution in [0.15, 0.2) is 0 Å². The molecule has 0 aromatic heterocycles. The van der Waals surface area contributed by atoms with Gasteiger partial charge < -0.3 is 4.74 Å². The second kappa shape index (κ2) is 5.35. The summed E-state index contributed by atoms with van der Waals surface area (Å²) in [6.07, 6.45) is 9.58. The van der Waals surface area contributed by atoms with Gasteiger partial charge >= 0.3 is 0 Å². The number of rotatable bonds is 5. The third kappa shape index (κ3) is 3.32. The van der Waals surface area contributed by atoms with E-state index < -0.39 is 0 Å². The standard InChI is InChI=1S/C13H23IO/c1-2-11-5-7-13(10-14,8-6-11)15-9-12-3-4-12/h11-12H,2-10H2,1H3. The van der Waals surface area contributed by atoms with Crippen molar-refractivity contribution in [3.05, 3.63) is 0 Å². The zero-order valence-electron chi connectivity index (χ0n) is 9.80. The first kappa shape index (κ1) is 12.2. The first-order valence-corrected chi connectivity index (χ1v) is 8.00. The van der Waals surface area contributed by atoms with Gasteiger partial charge in [0.15, 0.2) is 0 Å². The molecule has 0 atom stereocenters. The highest BCUT2D eigenvalue weighted by Gasteiger charge is 2.36. The molecule has 0 amide bonds. The summed E-state index contributed by atoms with van der Waals surface area (Å²) in [5.41, 5.74) is 0.259. The number of alkyl halides is 1. The summed E-state index contributed by atoms with van der Waals surface area (Å²) in [5, 5.41) is 0. The molecule has 2 saturated carbocycles. The van der Waals surface area contributed by atoms with E-state index in [0.717, 1.165) is 18.4 Å². The van der Waals surface area contributed by atoms with Crippen LogP contribution in [0.3, 0.4) is 0 Å². The van der Waals surface area contributed by atoms with Gasteiger partial charge in [-0.1, -0.05) is 35.9 Å². The monoisotopic (exact) mass is 322 g/mol. The topological polar surface area (TPSA) is 9.23 Å². The normalized spacial score (nSPS) is 36.8. The van der Waals surface area contributed by atoms with Crippen molar-refractivity contribution in [2.24, 2.45) is 11.8 Å². The Morgan fingerprint density at radius 1 is 1.13 bits per heavy atom. The maximum atomic E-state index is 6.23. The van der Waals surface area contributed by atoms with E-state index in [0.29, 0.717) is 0 Å². The minimum atomic E-state index is 0.259. The second-order valence-electron chi connectivity index (χ2n) is 5.42. The van der Waals surface area contributed by atoms with Gasteiger partial charge in [0.1, 0.15) is 0 Å². The number of halogens is 1. The van der Waals surface area contributed by atoms with Crippen molar-refractivity contribution in [3.8, 4) is 0 Å². The molecule has 0 aromatic carbocycles. The molecule has 2 rings (SSSR count). The summed E-state index contributed by atoms with van der Waals surface area (Å²) in [6.45, 7) is 3.37. The van der Waals surface area contributed by atoms with Crippen molar-refractivity contribution in [2.75, 3.05) is 11.0 Å². The molecule has 15 heavy (non-hydrogen) atoms. The highest BCUT2D eigenvalue weighted by molar-refractivity contribution is 14.1. The Labute approximate surface area is 107 Å². The number of hydrogen-bond acceptors (Lipinski definition) is 1. The van der Waals surface area contributed by atoms with Crippen LogP contribution in [0.5, 0.6) is 0 Å². The number of ether oxygens (including phenoxy) is 1. The summed E-state index contributed by atoms with van der Waals surface area (Å²) in [6, 6.07) is 0. The first-order valence-electron chi connectivity index (χ1n) is 6.48. The first-order chi connectivity index (χ1) is 7.28. The van der Waals surface area contributed by atoms with E-state index in [1.807, 2.05) is 0 Å². The van der Waals surface area contributed by atoms with Gasteiger partial charge in [-0.3, -0.25) is 0 Å². The van der Waals surface area contributed by atoms with Crippen molar-refractivity contribution < 1.29 is 4.74 Å². The molecular weight excluding hydrogens is 299 g/mol. The predicted molar refractivity (Wildman–Crippen MR) is 72.5 cm³/mol. The molecule has 0 radical (unpaired) electrons. The van der Waals surface area contributed by atoms with Crippen LogP contribution in [-0.4, -0.2) is 16.6 Å². The highest BCUT2D eigenvalue weighted by atomic mass is 127. The van der Waals surface area contributed by atoms with Crippen LogP contribution >= 0.6 is 22.6 Å². The van der Waals surface area contributed by atoms with E-state index >= 15 is 0 Å². The van der Waals surface area contributed by atoms with E-state index in [1.54, 1.807) is 0 Å². The zero-order valence-corrected chi connectivity index (χ0v) is 12.0. The Morgan fingerprint density at radius 2 is 1.80 bits per heavy atom. The Morgan fingerprint density at radius 3 is 2.27 bits per heavy atom. The maximum absolute atomic E-state index is 6.23. The zero-order chi connectivity index (χ0) is 10.7. The summed E-state index contributed by atoms with van der Waals surface area (Å²) < 4.78 is 7.42. The maximum Gasteiger partial charge on any atom is 0.0771 e. The third-order valence-electron chi connectivity index (χ3n) is 4.16. The van der Waals surface area contributed by atoms with Gasteiger partial charge in [0, 0.05) is 4.43 Å². The third-order valence-corrected chi connectivity index (χ3v) is 5.55. The van der Waals surface area contributed by atoms with Crippen LogP contribution in [0.1, 0.15) is 51.9 Å². The van der Waals surface area contributed by atoms with E-state index in [4.69, 9.17) is 4.74 Å². The van der Waals surface area contributed by atoms with Gasteiger partial charge in [-0.05, 0) is 50.4 Å². The minimum absolute atomic E-state index is 0.259. The van der Waals surface area contributed by atoms with Crippen molar-refractivity contribution >= 4 is 22.6 Å². The molecule has 88 valence electrons. The quantitative estimate of drug-likeness (QED) is 0.545. The summed E-state index contributed by atoms with van der Waals surface area (Å²) in [4.78, 5) is 0. The Balaban J connectivity index is 1.79. The summed E-state index contributed by atoms with van der Waals surface area (Å²) in [7, 11) is 0. The lowest BCUT2D eigenvalue weighted by Gasteiger charge is -2.39. The average molecular weight is 322 g/mol. The lowest BCUT2D eigenvalue weighted by Crippen LogP contribution is -2.39. The predicted octanol–water partition coefficient (Wildman–Crippen LogP) is 4.19. The number of hydrogen-bond donors (Lipinski definition) is 0. The molecule has 0 N–H and O–H groups in total. The molecule has 2 heteroatoms. The molecular formula is C13H23IO. The van der Waals surface area contributed by atoms with Gasteiger partial charge in [-0.2, -0.15) is 0 Å². The van der Waals surface area contributed by atoms with Crippen LogP contribution < -0.4 is 0 Å². The van der Waals surface area contributed by atoms with Crippen LogP contribution in [-0.2, 0) is 4.74 Å². The van der Waals surface area contributed by atoms with Crippen LogP contribution in [0.4, 0.5) is 0 Å². The largest absolute Gasteiger partial charge is 0.374 e. The summed E-state index contributed by atoms with van der Waals surface area (Å²) >= 11 is 2.52. The molecule has 2 aliphatic carbocycles. The van der Waals surface area contributed by atoms with Gasteiger partial charge in [0.25, 0.3) is 0 Å². The van der Waals surface area contributed by atoms with Crippen molar-refractivity contribution in [3.63, 3.8) is 0 Å². The molecule has 0 spiro atoms. The smallest absolute Gasteiger partial charge is 0.0771 e. The van der Waals surface area contributed by atoms with Crippen molar-refractivity contribution in [1.29, 1.82) is 0 Å². The fourth-order valence-electron chi connectivity index (χ4n) is 2.51. The van der Waals surface area contributed by atoms with E-state index in [1.165, 1.54) is 49.4 Å². The van der Waals surface area contributed by atoms with Crippen LogP contribution in [0.25, 0.3) is 0 Å². The lowest BCUT2D eigenvalue weighted by atomic mass is 9.79. The minimum Gasteiger partial charge on any atom is -0.374 e. The van der Waals surface area contributed by atoms with Gasteiger partial charge in [0.05, 0.1) is 12.2 Å².